The number of rotatable bonds is 5. The Morgan fingerprint density at radius 3 is 2.60 bits per heavy atom. The van der Waals surface area contributed by atoms with Gasteiger partial charge in [0.1, 0.15) is 0 Å². The van der Waals surface area contributed by atoms with Crippen molar-refractivity contribution in [3.8, 4) is 0 Å². The number of hydrogen-bond donors (Lipinski definition) is 2. The molecule has 1 aliphatic rings. The molecule has 0 unspecified atom stereocenters. The van der Waals surface area contributed by atoms with Gasteiger partial charge in [0.05, 0.1) is 13.1 Å². The lowest BCUT2D eigenvalue weighted by molar-refractivity contribution is -0.120. The summed E-state index contributed by atoms with van der Waals surface area (Å²) in [6.45, 7) is 0.869. The number of nitrogens with one attached hydrogen (secondary N) is 2. The Hall–Kier alpha value is -2.04. The van der Waals surface area contributed by atoms with Crippen LogP contribution in [0, 0.1) is 0 Å². The minimum Gasteiger partial charge on any atom is -0.352 e. The fourth-order valence-electron chi connectivity index (χ4n) is 1.77. The van der Waals surface area contributed by atoms with Crippen molar-refractivity contribution in [1.29, 1.82) is 0 Å². The van der Waals surface area contributed by atoms with Gasteiger partial charge in [-0.1, -0.05) is 30.3 Å². The Kier molecular flexibility index (Phi) is 4.98. The highest BCUT2D eigenvalue weighted by Crippen LogP contribution is 2.18. The number of carbonyl (C=O) groups excluding carboxylic acids is 1. The van der Waals surface area contributed by atoms with Crippen LogP contribution in [0.2, 0.25) is 0 Å². The van der Waals surface area contributed by atoms with Crippen LogP contribution in [-0.2, 0) is 11.3 Å². The van der Waals surface area contributed by atoms with Crippen LogP contribution in [0.15, 0.2) is 35.3 Å². The van der Waals surface area contributed by atoms with E-state index in [1.165, 1.54) is 0 Å². The lowest BCUT2D eigenvalue weighted by Crippen LogP contribution is -2.43. The van der Waals surface area contributed by atoms with Gasteiger partial charge in [-0.2, -0.15) is 0 Å². The van der Waals surface area contributed by atoms with Crippen molar-refractivity contribution < 1.29 is 4.79 Å². The molecule has 0 aliphatic heterocycles. The molecule has 1 aliphatic carbocycles. The van der Waals surface area contributed by atoms with Crippen LogP contribution in [-0.4, -0.2) is 43.4 Å². The van der Waals surface area contributed by atoms with Crippen molar-refractivity contribution in [3.05, 3.63) is 35.9 Å². The molecule has 0 spiro atoms. The molecular formula is C15H22N4O. The number of amides is 1. The smallest absolute Gasteiger partial charge is 0.239 e. The normalized spacial score (nSPS) is 14.8. The fraction of sp³-hybridized carbons (Fsp3) is 0.467. The standard InChI is InChI=1S/C15H22N4O/c1-19(2)15(16-10-12-6-4-3-5-7-12)17-11-14(20)18-13-8-9-13/h3-7,13H,8-11H2,1-2H3,(H,16,17)(H,18,20). The first-order chi connectivity index (χ1) is 9.65. The SMILES string of the molecule is CN(C)C(=NCc1ccccc1)NCC(=O)NC1CC1. The maximum Gasteiger partial charge on any atom is 0.239 e. The molecule has 0 aromatic heterocycles. The third kappa shape index (κ3) is 4.91. The molecule has 20 heavy (non-hydrogen) atoms. The summed E-state index contributed by atoms with van der Waals surface area (Å²) in [7, 11) is 3.82. The van der Waals surface area contributed by atoms with Crippen LogP contribution in [0.1, 0.15) is 18.4 Å². The quantitative estimate of drug-likeness (QED) is 0.621. The molecule has 0 atom stereocenters. The highest BCUT2D eigenvalue weighted by atomic mass is 16.2. The van der Waals surface area contributed by atoms with E-state index in [0.717, 1.165) is 24.4 Å². The Labute approximate surface area is 120 Å². The summed E-state index contributed by atoms with van der Waals surface area (Å²) in [5.41, 5.74) is 1.15. The maximum absolute atomic E-state index is 11.6. The largest absolute Gasteiger partial charge is 0.352 e. The molecule has 5 nitrogen and oxygen atoms in total. The van der Waals surface area contributed by atoms with Crippen molar-refractivity contribution in [2.75, 3.05) is 20.6 Å². The van der Waals surface area contributed by atoms with Gasteiger partial charge in [-0.3, -0.25) is 4.79 Å². The summed E-state index contributed by atoms with van der Waals surface area (Å²) < 4.78 is 0. The molecule has 2 rings (SSSR count). The molecule has 0 bridgehead atoms. The predicted octanol–water partition coefficient (Wildman–Crippen LogP) is 0.972. The third-order valence-corrected chi connectivity index (χ3v) is 3.03. The van der Waals surface area contributed by atoms with Crippen molar-refractivity contribution in [2.45, 2.75) is 25.4 Å². The molecular weight excluding hydrogens is 252 g/mol. The predicted molar refractivity (Wildman–Crippen MR) is 80.4 cm³/mol. The topological polar surface area (TPSA) is 56.7 Å². The van der Waals surface area contributed by atoms with Gasteiger partial charge in [0.15, 0.2) is 5.96 Å². The van der Waals surface area contributed by atoms with E-state index < -0.39 is 0 Å². The van der Waals surface area contributed by atoms with Gasteiger partial charge in [-0.05, 0) is 18.4 Å². The zero-order valence-corrected chi connectivity index (χ0v) is 12.1. The van der Waals surface area contributed by atoms with Gasteiger partial charge in [-0.15, -0.1) is 0 Å². The van der Waals surface area contributed by atoms with E-state index in [9.17, 15) is 4.79 Å². The van der Waals surface area contributed by atoms with Gasteiger partial charge >= 0.3 is 0 Å². The molecule has 0 saturated heterocycles. The van der Waals surface area contributed by atoms with E-state index in [4.69, 9.17) is 0 Å². The summed E-state index contributed by atoms with van der Waals surface area (Å²) in [5, 5.41) is 6.03. The van der Waals surface area contributed by atoms with Gasteiger partial charge in [0, 0.05) is 20.1 Å². The maximum atomic E-state index is 11.6. The first-order valence-corrected chi connectivity index (χ1v) is 6.94. The van der Waals surface area contributed by atoms with E-state index in [-0.39, 0.29) is 12.5 Å². The highest BCUT2D eigenvalue weighted by molar-refractivity contribution is 5.86. The number of hydrogen-bond acceptors (Lipinski definition) is 2. The van der Waals surface area contributed by atoms with E-state index in [2.05, 4.69) is 15.6 Å². The van der Waals surface area contributed by atoms with Crippen molar-refractivity contribution in [1.82, 2.24) is 15.5 Å². The van der Waals surface area contributed by atoms with Gasteiger partial charge in [-0.25, -0.2) is 4.99 Å². The van der Waals surface area contributed by atoms with Crippen molar-refractivity contribution in [2.24, 2.45) is 4.99 Å². The second-order valence-corrected chi connectivity index (χ2v) is 5.22. The minimum absolute atomic E-state index is 0.0294. The molecule has 1 aromatic carbocycles. The van der Waals surface area contributed by atoms with Crippen LogP contribution in [0.3, 0.4) is 0 Å². The molecule has 1 amide bonds. The van der Waals surface area contributed by atoms with Crippen molar-refractivity contribution >= 4 is 11.9 Å². The minimum atomic E-state index is 0.0294. The lowest BCUT2D eigenvalue weighted by Gasteiger charge is -2.17. The van der Waals surface area contributed by atoms with Crippen LogP contribution in [0.5, 0.6) is 0 Å². The van der Waals surface area contributed by atoms with Gasteiger partial charge in [0.2, 0.25) is 5.91 Å². The third-order valence-electron chi connectivity index (χ3n) is 3.03. The second-order valence-electron chi connectivity index (χ2n) is 5.22. The highest BCUT2D eigenvalue weighted by Gasteiger charge is 2.23. The number of aliphatic imine (C=N–C) groups is 1. The summed E-state index contributed by atoms with van der Waals surface area (Å²) >= 11 is 0. The lowest BCUT2D eigenvalue weighted by atomic mass is 10.2. The molecule has 0 heterocycles. The number of nitrogens with zero attached hydrogens (tertiary/aromatic N) is 2. The van der Waals surface area contributed by atoms with Gasteiger partial charge in [0.25, 0.3) is 0 Å². The average molecular weight is 274 g/mol. The first kappa shape index (κ1) is 14.4. The molecule has 1 saturated carbocycles. The summed E-state index contributed by atoms with van der Waals surface area (Å²) in [6, 6.07) is 10.5. The number of guanidine groups is 1. The Bertz CT molecular complexity index is 466. The summed E-state index contributed by atoms with van der Waals surface area (Å²) in [4.78, 5) is 18.0. The molecule has 108 valence electrons. The van der Waals surface area contributed by atoms with Crippen LogP contribution in [0.4, 0.5) is 0 Å². The molecule has 1 aromatic rings. The van der Waals surface area contributed by atoms with E-state index >= 15 is 0 Å². The monoisotopic (exact) mass is 274 g/mol. The number of carbonyl (C=O) groups is 1. The molecule has 1 fully saturated rings. The summed E-state index contributed by atoms with van der Waals surface area (Å²) in [5.74, 6) is 0.751. The fourth-order valence-corrected chi connectivity index (χ4v) is 1.77. The zero-order valence-electron chi connectivity index (χ0n) is 12.1. The van der Waals surface area contributed by atoms with Crippen LogP contribution >= 0.6 is 0 Å². The Morgan fingerprint density at radius 1 is 1.30 bits per heavy atom. The van der Waals surface area contributed by atoms with E-state index in [1.807, 2.05) is 49.3 Å². The molecule has 5 heteroatoms. The van der Waals surface area contributed by atoms with E-state index in [0.29, 0.717) is 12.6 Å². The second kappa shape index (κ2) is 6.93. The molecule has 0 radical (unpaired) electrons. The first-order valence-electron chi connectivity index (χ1n) is 6.94. The van der Waals surface area contributed by atoms with Crippen LogP contribution < -0.4 is 10.6 Å². The molecule has 2 N–H and O–H groups in total. The zero-order chi connectivity index (χ0) is 14.4. The number of benzene rings is 1. The Balaban J connectivity index is 1.84. The average Bonchev–Trinajstić information content (AvgIpc) is 3.23. The van der Waals surface area contributed by atoms with E-state index in [1.54, 1.807) is 0 Å². The van der Waals surface area contributed by atoms with Crippen LogP contribution in [0.25, 0.3) is 0 Å². The Morgan fingerprint density at radius 2 is 2.00 bits per heavy atom. The van der Waals surface area contributed by atoms with Crippen molar-refractivity contribution in [3.63, 3.8) is 0 Å². The summed E-state index contributed by atoms with van der Waals surface area (Å²) in [6.07, 6.45) is 2.21. The van der Waals surface area contributed by atoms with Gasteiger partial charge < -0.3 is 15.5 Å².